The zero-order chi connectivity index (χ0) is 14.7. The summed E-state index contributed by atoms with van der Waals surface area (Å²) in [4.78, 5) is 22.2. The van der Waals surface area contributed by atoms with Crippen LogP contribution in [0.4, 0.5) is 10.1 Å². The van der Waals surface area contributed by atoms with Crippen molar-refractivity contribution in [2.75, 3.05) is 11.5 Å². The van der Waals surface area contributed by atoms with E-state index in [2.05, 4.69) is 5.32 Å². The number of halogens is 1. The van der Waals surface area contributed by atoms with Gasteiger partial charge in [0.25, 0.3) is 11.6 Å². The molecule has 0 unspecified atom stereocenters. The van der Waals surface area contributed by atoms with Gasteiger partial charge in [0.15, 0.2) is 0 Å². The molecule has 0 bridgehead atoms. The van der Waals surface area contributed by atoms with E-state index >= 15 is 0 Å². The molecule has 7 heteroatoms. The number of hydrogen-bond acceptors (Lipinski definition) is 4. The summed E-state index contributed by atoms with van der Waals surface area (Å²) < 4.78 is 14.0. The highest BCUT2D eigenvalue weighted by Gasteiger charge is 2.22. The lowest BCUT2D eigenvalue weighted by molar-refractivity contribution is -0.385. The van der Waals surface area contributed by atoms with Crippen molar-refractivity contribution in [2.45, 2.75) is 25.8 Å². The molecule has 1 N–H and O–H groups in total. The lowest BCUT2D eigenvalue weighted by Gasteiger charge is -2.22. The van der Waals surface area contributed by atoms with Crippen LogP contribution in [0.1, 0.15) is 28.8 Å². The summed E-state index contributed by atoms with van der Waals surface area (Å²) in [6.45, 7) is 1.41. The van der Waals surface area contributed by atoms with Crippen LogP contribution in [0.5, 0.6) is 0 Å². The molecular weight excluding hydrogens is 283 g/mol. The summed E-state index contributed by atoms with van der Waals surface area (Å²) in [7, 11) is 0. The molecule has 0 radical (unpaired) electrons. The van der Waals surface area contributed by atoms with Crippen molar-refractivity contribution < 1.29 is 14.1 Å². The van der Waals surface area contributed by atoms with E-state index in [1.54, 1.807) is 0 Å². The maximum absolute atomic E-state index is 14.0. The second-order valence-corrected chi connectivity index (χ2v) is 5.97. The zero-order valence-electron chi connectivity index (χ0n) is 11.0. The standard InChI is InChI=1S/C13H15FN2O3S/c1-8-6-10(16(18)19)7-11(12(8)14)13(17)15-9-2-4-20-5-3-9/h6-7,9H,2-5H2,1H3,(H,15,17). The van der Waals surface area contributed by atoms with Gasteiger partial charge in [0.2, 0.25) is 0 Å². The SMILES string of the molecule is Cc1cc([N+](=O)[O-])cc(C(=O)NC2CCSCC2)c1F. The number of nitrogens with one attached hydrogen (secondary N) is 1. The Hall–Kier alpha value is -1.63. The Morgan fingerprint density at radius 2 is 2.10 bits per heavy atom. The molecule has 108 valence electrons. The van der Waals surface area contributed by atoms with Gasteiger partial charge in [0.05, 0.1) is 10.5 Å². The Labute approximate surface area is 120 Å². The van der Waals surface area contributed by atoms with E-state index in [-0.39, 0.29) is 22.9 Å². The molecule has 1 saturated heterocycles. The fourth-order valence-electron chi connectivity index (χ4n) is 2.13. The molecule has 1 heterocycles. The molecule has 1 aliphatic heterocycles. The number of nitro groups is 1. The van der Waals surface area contributed by atoms with Crippen molar-refractivity contribution in [3.63, 3.8) is 0 Å². The predicted molar refractivity (Wildman–Crippen MR) is 75.6 cm³/mol. The van der Waals surface area contributed by atoms with Crippen LogP contribution in [-0.4, -0.2) is 28.4 Å². The third-order valence-corrected chi connectivity index (χ3v) is 4.30. The molecule has 1 aliphatic rings. The topological polar surface area (TPSA) is 72.2 Å². The molecule has 20 heavy (non-hydrogen) atoms. The highest BCUT2D eigenvalue weighted by atomic mass is 32.2. The number of carbonyl (C=O) groups is 1. The number of hydrogen-bond donors (Lipinski definition) is 1. The molecule has 1 aromatic carbocycles. The number of nitrogens with zero attached hydrogens (tertiary/aromatic N) is 1. The van der Waals surface area contributed by atoms with Gasteiger partial charge < -0.3 is 5.32 Å². The molecule has 1 aromatic rings. The van der Waals surface area contributed by atoms with Crippen LogP contribution in [0.15, 0.2) is 12.1 Å². The average Bonchev–Trinajstić information content (AvgIpc) is 2.42. The van der Waals surface area contributed by atoms with Crippen molar-refractivity contribution in [3.05, 3.63) is 39.2 Å². The van der Waals surface area contributed by atoms with E-state index < -0.39 is 16.6 Å². The van der Waals surface area contributed by atoms with Gasteiger partial charge in [-0.05, 0) is 36.8 Å². The van der Waals surface area contributed by atoms with Crippen molar-refractivity contribution in [2.24, 2.45) is 0 Å². The van der Waals surface area contributed by atoms with Crippen LogP contribution in [-0.2, 0) is 0 Å². The molecule has 0 saturated carbocycles. The summed E-state index contributed by atoms with van der Waals surface area (Å²) in [5, 5.41) is 13.5. The zero-order valence-corrected chi connectivity index (χ0v) is 11.8. The minimum absolute atomic E-state index is 0.0164. The van der Waals surface area contributed by atoms with Crippen LogP contribution < -0.4 is 5.32 Å². The molecule has 5 nitrogen and oxygen atoms in total. The molecule has 0 spiro atoms. The van der Waals surface area contributed by atoms with E-state index in [1.807, 2.05) is 11.8 Å². The van der Waals surface area contributed by atoms with Gasteiger partial charge in [-0.2, -0.15) is 11.8 Å². The lowest BCUT2D eigenvalue weighted by atomic mass is 10.1. The second-order valence-electron chi connectivity index (χ2n) is 4.74. The minimum atomic E-state index is -0.696. The van der Waals surface area contributed by atoms with Crippen molar-refractivity contribution in [1.82, 2.24) is 5.32 Å². The Morgan fingerprint density at radius 1 is 1.45 bits per heavy atom. The summed E-state index contributed by atoms with van der Waals surface area (Å²) >= 11 is 1.82. The minimum Gasteiger partial charge on any atom is -0.349 e. The van der Waals surface area contributed by atoms with E-state index in [0.717, 1.165) is 36.5 Å². The number of thioether (sulfide) groups is 1. The number of rotatable bonds is 3. The predicted octanol–water partition coefficient (Wildman–Crippen LogP) is 2.67. The normalized spacial score (nSPS) is 15.9. The fourth-order valence-corrected chi connectivity index (χ4v) is 3.23. The maximum atomic E-state index is 14.0. The Bertz CT molecular complexity index is 545. The van der Waals surface area contributed by atoms with Gasteiger partial charge in [0.1, 0.15) is 5.82 Å². The van der Waals surface area contributed by atoms with E-state index in [1.165, 1.54) is 6.92 Å². The number of carbonyl (C=O) groups excluding carboxylic acids is 1. The smallest absolute Gasteiger partial charge is 0.270 e. The first-order valence-corrected chi connectivity index (χ1v) is 7.47. The first kappa shape index (κ1) is 14.8. The molecule has 1 amide bonds. The number of nitro benzene ring substituents is 1. The van der Waals surface area contributed by atoms with Crippen molar-refractivity contribution >= 4 is 23.4 Å². The average molecular weight is 298 g/mol. The fraction of sp³-hybridized carbons (Fsp3) is 0.462. The van der Waals surface area contributed by atoms with Crippen LogP contribution >= 0.6 is 11.8 Å². The molecule has 2 rings (SSSR count). The molecule has 1 fully saturated rings. The molecule has 0 aliphatic carbocycles. The van der Waals surface area contributed by atoms with Crippen molar-refractivity contribution in [1.29, 1.82) is 0 Å². The molecule has 0 atom stereocenters. The maximum Gasteiger partial charge on any atom is 0.270 e. The Morgan fingerprint density at radius 3 is 2.70 bits per heavy atom. The van der Waals surface area contributed by atoms with Crippen molar-refractivity contribution in [3.8, 4) is 0 Å². The first-order chi connectivity index (χ1) is 9.49. The van der Waals surface area contributed by atoms with Crippen LogP contribution in [0.2, 0.25) is 0 Å². The van der Waals surface area contributed by atoms with Gasteiger partial charge in [-0.1, -0.05) is 0 Å². The first-order valence-electron chi connectivity index (χ1n) is 6.32. The molecule has 0 aromatic heterocycles. The Balaban J connectivity index is 2.21. The quantitative estimate of drug-likeness (QED) is 0.688. The summed E-state index contributed by atoms with van der Waals surface area (Å²) in [6.07, 6.45) is 1.68. The van der Waals surface area contributed by atoms with Gasteiger partial charge in [-0.15, -0.1) is 0 Å². The third kappa shape index (κ3) is 3.27. The van der Waals surface area contributed by atoms with Crippen LogP contribution in [0, 0.1) is 22.9 Å². The number of aryl methyl sites for hydroxylation is 1. The van der Waals surface area contributed by atoms with Gasteiger partial charge in [-0.25, -0.2) is 4.39 Å². The lowest BCUT2D eigenvalue weighted by Crippen LogP contribution is -2.37. The largest absolute Gasteiger partial charge is 0.349 e. The summed E-state index contributed by atoms with van der Waals surface area (Å²) in [5.41, 5.74) is -0.424. The third-order valence-electron chi connectivity index (χ3n) is 3.25. The van der Waals surface area contributed by atoms with Gasteiger partial charge in [0, 0.05) is 18.2 Å². The van der Waals surface area contributed by atoms with E-state index in [9.17, 15) is 19.3 Å². The monoisotopic (exact) mass is 298 g/mol. The molecular formula is C13H15FN2O3S. The summed E-state index contributed by atoms with van der Waals surface area (Å²) in [6, 6.07) is 2.14. The van der Waals surface area contributed by atoms with Crippen LogP contribution in [0.25, 0.3) is 0 Å². The van der Waals surface area contributed by atoms with Gasteiger partial charge >= 0.3 is 0 Å². The number of non-ortho nitro benzene ring substituents is 1. The highest BCUT2D eigenvalue weighted by molar-refractivity contribution is 7.99. The van der Waals surface area contributed by atoms with Gasteiger partial charge in [-0.3, -0.25) is 14.9 Å². The van der Waals surface area contributed by atoms with Crippen LogP contribution in [0.3, 0.4) is 0 Å². The Kier molecular flexibility index (Phi) is 4.59. The number of amides is 1. The van der Waals surface area contributed by atoms with E-state index in [0.29, 0.717) is 0 Å². The summed E-state index contributed by atoms with van der Waals surface area (Å²) in [5.74, 6) is 0.646. The highest BCUT2D eigenvalue weighted by Crippen LogP contribution is 2.22. The second kappa shape index (κ2) is 6.21. The number of benzene rings is 1. The van der Waals surface area contributed by atoms with E-state index in [4.69, 9.17) is 0 Å².